The highest BCUT2D eigenvalue weighted by atomic mass is 19.1. The van der Waals surface area contributed by atoms with Crippen LogP contribution >= 0.6 is 0 Å². The molecule has 2 aliphatic rings. The number of rotatable bonds is 4. The van der Waals surface area contributed by atoms with Gasteiger partial charge in [0.05, 0.1) is 12.1 Å². The van der Waals surface area contributed by atoms with E-state index in [1.165, 1.54) is 12.1 Å². The molecule has 1 N–H and O–H groups in total. The number of amides is 2. The van der Waals surface area contributed by atoms with Gasteiger partial charge in [0.15, 0.2) is 0 Å². The van der Waals surface area contributed by atoms with Gasteiger partial charge >= 0.3 is 12.2 Å². The van der Waals surface area contributed by atoms with Gasteiger partial charge in [-0.1, -0.05) is 12.1 Å². The summed E-state index contributed by atoms with van der Waals surface area (Å²) in [7, 11) is 0. The summed E-state index contributed by atoms with van der Waals surface area (Å²) in [5.41, 5.74) is -0.793. The van der Waals surface area contributed by atoms with Crippen molar-refractivity contribution >= 4 is 12.2 Å². The molecule has 0 aromatic heterocycles. The van der Waals surface area contributed by atoms with Crippen LogP contribution in [0.4, 0.5) is 14.0 Å². The molecule has 2 amide bonds. The SMILES string of the molecule is CC(C)(C)OC(=O)N1CCC[C@@H](C[C@@H]2CC[C@H]([C@H](O)c3cccc(F)c3)N2C(=O)OC(C)(C)C)C1. The van der Waals surface area contributed by atoms with Crippen LogP contribution in [0, 0.1) is 11.7 Å². The van der Waals surface area contributed by atoms with E-state index < -0.39 is 35.3 Å². The van der Waals surface area contributed by atoms with E-state index in [1.807, 2.05) is 41.5 Å². The summed E-state index contributed by atoms with van der Waals surface area (Å²) < 4.78 is 25.1. The number of carbonyl (C=O) groups is 2. The van der Waals surface area contributed by atoms with Crippen LogP contribution in [-0.2, 0) is 9.47 Å². The average molecular weight is 493 g/mol. The number of ether oxygens (including phenoxy) is 2. The maximum absolute atomic E-state index is 13.8. The number of benzene rings is 1. The second-order valence-corrected chi connectivity index (χ2v) is 11.9. The van der Waals surface area contributed by atoms with Gasteiger partial charge in [0.2, 0.25) is 0 Å². The monoisotopic (exact) mass is 492 g/mol. The van der Waals surface area contributed by atoms with Gasteiger partial charge in [-0.2, -0.15) is 0 Å². The fraction of sp³-hybridized carbons (Fsp3) is 0.704. The van der Waals surface area contributed by atoms with Crippen molar-refractivity contribution in [3.8, 4) is 0 Å². The smallest absolute Gasteiger partial charge is 0.410 e. The third-order valence-corrected chi connectivity index (χ3v) is 6.48. The van der Waals surface area contributed by atoms with Crippen LogP contribution in [0.5, 0.6) is 0 Å². The fourth-order valence-corrected chi connectivity index (χ4v) is 5.10. The molecular formula is C27H41FN2O5. The van der Waals surface area contributed by atoms with Crippen LogP contribution in [0.1, 0.15) is 85.3 Å². The Morgan fingerprint density at radius 3 is 2.34 bits per heavy atom. The number of piperidine rings is 1. The third-order valence-electron chi connectivity index (χ3n) is 6.48. The topological polar surface area (TPSA) is 79.3 Å². The molecule has 2 heterocycles. The predicted octanol–water partition coefficient (Wildman–Crippen LogP) is 5.66. The van der Waals surface area contributed by atoms with Crippen molar-refractivity contribution < 1.29 is 28.6 Å². The van der Waals surface area contributed by atoms with Gasteiger partial charge in [-0.3, -0.25) is 4.90 Å². The number of likely N-dealkylation sites (tertiary alicyclic amines) is 2. The first-order valence-electron chi connectivity index (χ1n) is 12.7. The van der Waals surface area contributed by atoms with Gasteiger partial charge in [-0.05, 0) is 97.3 Å². The third kappa shape index (κ3) is 7.56. The van der Waals surface area contributed by atoms with Gasteiger partial charge in [-0.25, -0.2) is 14.0 Å². The molecule has 35 heavy (non-hydrogen) atoms. The van der Waals surface area contributed by atoms with Crippen molar-refractivity contribution in [3.05, 3.63) is 35.6 Å². The lowest BCUT2D eigenvalue weighted by atomic mass is 9.90. The molecule has 2 aliphatic heterocycles. The second-order valence-electron chi connectivity index (χ2n) is 11.9. The van der Waals surface area contributed by atoms with Crippen LogP contribution in [0.2, 0.25) is 0 Å². The van der Waals surface area contributed by atoms with Crippen molar-refractivity contribution in [3.63, 3.8) is 0 Å². The highest BCUT2D eigenvalue weighted by molar-refractivity contribution is 5.70. The number of nitrogens with zero attached hydrogens (tertiary/aromatic N) is 2. The summed E-state index contributed by atoms with van der Waals surface area (Å²) >= 11 is 0. The molecule has 0 aliphatic carbocycles. The first kappa shape index (κ1) is 27.2. The van der Waals surface area contributed by atoms with Crippen molar-refractivity contribution in [2.45, 2.75) is 103 Å². The molecule has 0 saturated carbocycles. The molecule has 2 saturated heterocycles. The maximum Gasteiger partial charge on any atom is 0.410 e. The van der Waals surface area contributed by atoms with Crippen molar-refractivity contribution in [2.24, 2.45) is 5.92 Å². The minimum atomic E-state index is -1.02. The zero-order chi connectivity index (χ0) is 26.0. The Morgan fingerprint density at radius 1 is 1.06 bits per heavy atom. The van der Waals surface area contributed by atoms with E-state index in [2.05, 4.69) is 0 Å². The quantitative estimate of drug-likeness (QED) is 0.586. The van der Waals surface area contributed by atoms with Gasteiger partial charge in [0.1, 0.15) is 17.0 Å². The average Bonchev–Trinajstić information content (AvgIpc) is 3.14. The zero-order valence-electron chi connectivity index (χ0n) is 21.9. The van der Waals surface area contributed by atoms with E-state index in [0.717, 1.165) is 12.8 Å². The molecule has 0 spiro atoms. The van der Waals surface area contributed by atoms with Gasteiger partial charge in [-0.15, -0.1) is 0 Å². The van der Waals surface area contributed by atoms with Gasteiger partial charge in [0, 0.05) is 19.1 Å². The lowest BCUT2D eigenvalue weighted by molar-refractivity contribution is -0.00991. The Labute approximate surface area is 208 Å². The lowest BCUT2D eigenvalue weighted by Gasteiger charge is -2.38. The second kappa shape index (κ2) is 10.7. The standard InChI is InChI=1S/C27H41FN2O5/c1-26(2,3)34-24(32)29-14-8-9-18(17-29)15-21-12-13-22(30(21)25(33)35-27(4,5)6)23(31)19-10-7-11-20(28)16-19/h7,10-11,16,18,21-23,31H,8-9,12-15,17H2,1-6H3/t18-,21-,22+,23+/m0/s1. The highest BCUT2D eigenvalue weighted by Gasteiger charge is 2.44. The fourth-order valence-electron chi connectivity index (χ4n) is 5.10. The summed E-state index contributed by atoms with van der Waals surface area (Å²) in [6.07, 6.45) is 2.02. The van der Waals surface area contributed by atoms with Crippen molar-refractivity contribution in [1.82, 2.24) is 9.80 Å². The van der Waals surface area contributed by atoms with E-state index in [1.54, 1.807) is 21.9 Å². The number of aliphatic hydroxyl groups is 1. The molecule has 196 valence electrons. The molecule has 7 nitrogen and oxygen atoms in total. The van der Waals surface area contributed by atoms with Crippen LogP contribution < -0.4 is 0 Å². The normalized spacial score (nSPS) is 24.3. The first-order chi connectivity index (χ1) is 16.2. The first-order valence-corrected chi connectivity index (χ1v) is 12.7. The molecule has 2 fully saturated rings. The summed E-state index contributed by atoms with van der Waals surface area (Å²) in [5, 5.41) is 11.1. The Balaban J connectivity index is 1.75. The van der Waals surface area contributed by atoms with Crippen LogP contribution in [0.25, 0.3) is 0 Å². The summed E-state index contributed by atoms with van der Waals surface area (Å²) in [6, 6.07) is 5.23. The Hall–Kier alpha value is -2.35. The molecule has 8 heteroatoms. The van der Waals surface area contributed by atoms with E-state index >= 15 is 0 Å². The Bertz CT molecular complexity index is 894. The van der Waals surface area contributed by atoms with E-state index in [9.17, 15) is 19.1 Å². The number of carbonyl (C=O) groups excluding carboxylic acids is 2. The Morgan fingerprint density at radius 2 is 1.71 bits per heavy atom. The summed E-state index contributed by atoms with van der Waals surface area (Å²) in [6.45, 7) is 12.2. The molecular weight excluding hydrogens is 451 g/mol. The summed E-state index contributed by atoms with van der Waals surface area (Å²) in [5.74, 6) is -0.222. The van der Waals surface area contributed by atoms with Crippen LogP contribution in [0.3, 0.4) is 0 Å². The number of halogens is 1. The minimum absolute atomic E-state index is 0.137. The lowest BCUT2D eigenvalue weighted by Crippen LogP contribution is -2.48. The largest absolute Gasteiger partial charge is 0.444 e. The molecule has 4 atom stereocenters. The molecule has 0 bridgehead atoms. The molecule has 0 radical (unpaired) electrons. The van der Waals surface area contributed by atoms with E-state index in [4.69, 9.17) is 9.47 Å². The molecule has 3 rings (SSSR count). The summed E-state index contributed by atoms with van der Waals surface area (Å²) in [4.78, 5) is 29.3. The minimum Gasteiger partial charge on any atom is -0.444 e. The number of aliphatic hydroxyl groups excluding tert-OH is 1. The maximum atomic E-state index is 13.8. The Kier molecular flexibility index (Phi) is 8.35. The van der Waals surface area contributed by atoms with Crippen molar-refractivity contribution in [1.29, 1.82) is 0 Å². The number of hydrogen-bond acceptors (Lipinski definition) is 5. The van der Waals surface area contributed by atoms with E-state index in [-0.39, 0.29) is 18.1 Å². The van der Waals surface area contributed by atoms with Crippen LogP contribution in [0.15, 0.2) is 24.3 Å². The molecule has 0 unspecified atom stereocenters. The predicted molar refractivity (Wildman–Crippen MR) is 131 cm³/mol. The van der Waals surface area contributed by atoms with Crippen molar-refractivity contribution in [2.75, 3.05) is 13.1 Å². The molecule has 1 aromatic rings. The van der Waals surface area contributed by atoms with Gasteiger partial charge in [0.25, 0.3) is 0 Å². The molecule has 1 aromatic carbocycles. The number of hydrogen-bond donors (Lipinski definition) is 1. The van der Waals surface area contributed by atoms with E-state index in [0.29, 0.717) is 37.9 Å². The van der Waals surface area contributed by atoms with Gasteiger partial charge < -0.3 is 19.5 Å². The van der Waals surface area contributed by atoms with Crippen LogP contribution in [-0.4, -0.2) is 63.5 Å². The highest BCUT2D eigenvalue weighted by Crippen LogP contribution is 2.38. The zero-order valence-corrected chi connectivity index (χ0v) is 21.9.